The maximum Gasteiger partial charge on any atom is 0.344 e. The van der Waals surface area contributed by atoms with Gasteiger partial charge in [-0.2, -0.15) is 0 Å². The molecule has 278 valence electrons. The number of carbonyl (C=O) groups excluding carboxylic acids is 4. The van der Waals surface area contributed by atoms with Crippen molar-refractivity contribution < 1.29 is 55.3 Å². The van der Waals surface area contributed by atoms with Crippen molar-refractivity contribution in [3.8, 4) is 10.6 Å². The van der Waals surface area contributed by atoms with Crippen molar-refractivity contribution in [1.82, 2.24) is 0 Å². The molecule has 0 radical (unpaired) electrons. The summed E-state index contributed by atoms with van der Waals surface area (Å²) in [7, 11) is 1.03. The van der Waals surface area contributed by atoms with Crippen LogP contribution in [0, 0.1) is 0 Å². The normalized spacial score (nSPS) is 16.5. The highest BCUT2D eigenvalue weighted by molar-refractivity contribution is 7.50. The van der Waals surface area contributed by atoms with Gasteiger partial charge < -0.3 is 36.1 Å². The number of benzene rings is 3. The average molecular weight is 751 g/mol. The van der Waals surface area contributed by atoms with E-state index in [1.807, 2.05) is 56.3 Å². The molecular weight excluding hydrogens is 704 g/mol. The topological polar surface area (TPSA) is 114 Å². The van der Waals surface area contributed by atoms with Gasteiger partial charge in [0.25, 0.3) is 0 Å². The number of methoxy groups -OCH3 is 1. The molecule has 2 aliphatic rings. The van der Waals surface area contributed by atoms with Crippen molar-refractivity contribution in [2.75, 3.05) is 20.3 Å². The van der Waals surface area contributed by atoms with Gasteiger partial charge >= 0.3 is 23.9 Å². The number of rotatable bonds is 14. The zero-order valence-corrected chi connectivity index (χ0v) is 31.7. The largest absolute Gasteiger partial charge is 1.00 e. The first-order chi connectivity index (χ1) is 24.7. The van der Waals surface area contributed by atoms with E-state index in [9.17, 15) is 19.2 Å². The molecule has 0 amide bonds. The van der Waals surface area contributed by atoms with Gasteiger partial charge in [0, 0.05) is 38.9 Å². The second-order valence-electron chi connectivity index (χ2n) is 13.7. The van der Waals surface area contributed by atoms with Gasteiger partial charge in [-0.15, -0.1) is 0 Å². The highest BCUT2D eigenvalue weighted by atomic mass is 35.5. The van der Waals surface area contributed by atoms with Gasteiger partial charge in [0.15, 0.2) is 27.5 Å². The van der Waals surface area contributed by atoms with E-state index in [-0.39, 0.29) is 18.8 Å². The quantitative estimate of drug-likeness (QED) is 0.0892. The van der Waals surface area contributed by atoms with Crippen LogP contribution in [0.3, 0.4) is 0 Å². The van der Waals surface area contributed by atoms with Gasteiger partial charge in [-0.25, -0.2) is 9.59 Å². The van der Waals surface area contributed by atoms with E-state index < -0.39 is 64.7 Å². The molecule has 1 heterocycles. The van der Waals surface area contributed by atoms with Gasteiger partial charge in [-0.1, -0.05) is 38.1 Å². The third-order valence-corrected chi connectivity index (χ3v) is 13.0. The van der Waals surface area contributed by atoms with Gasteiger partial charge in [-0.3, -0.25) is 9.59 Å². The first-order valence-corrected chi connectivity index (χ1v) is 19.3. The molecule has 11 heteroatoms. The molecule has 1 unspecified atom stereocenters. The first-order valence-electron chi connectivity index (χ1n) is 18.1. The summed E-state index contributed by atoms with van der Waals surface area (Å²) in [4.78, 5) is 53.7. The lowest BCUT2D eigenvalue weighted by Crippen LogP contribution is -3.00. The SMILES string of the molecule is CCC1(OC(=O)COC(=O)COC(=O)C(CC(=O)OC2(CC)CCCC2)c2cc(-[s+]3c4ccccc4c4ccccc43)ccc2OC)CCCC1.[Cl-]. The summed E-state index contributed by atoms with van der Waals surface area (Å²) in [5.41, 5.74) is -0.603. The molecule has 6 rings (SSSR count). The summed E-state index contributed by atoms with van der Waals surface area (Å²) in [6.07, 6.45) is 8.12. The molecule has 2 aliphatic carbocycles. The number of fused-ring (bicyclic) bond motifs is 3. The molecule has 52 heavy (non-hydrogen) atoms. The number of thiophene rings is 1. The standard InChI is InChI=1S/C41H47O9S.ClH/c1-4-40(20-10-11-21-40)49-36(42)25-32(39(45)48-26-37(43)47-27-38(44)50-41(5-2)22-12-13-23-41)31-24-28(18-19-33(31)46-3)51-34-16-8-6-14-29(34)30-15-7-9-17-35(30)51;/h6-9,14-19,24,32H,4-5,10-13,20-23,25-27H2,1-3H3;1H/q+1;/p-1. The summed E-state index contributed by atoms with van der Waals surface area (Å²) in [5, 5.41) is 2.32. The molecule has 2 fully saturated rings. The average Bonchev–Trinajstić information content (AvgIpc) is 3.90. The Bertz CT molecular complexity index is 1850. The summed E-state index contributed by atoms with van der Waals surface area (Å²) in [6, 6.07) is 22.3. The predicted octanol–water partition coefficient (Wildman–Crippen LogP) is 5.84. The minimum atomic E-state index is -1.14. The van der Waals surface area contributed by atoms with E-state index in [0.29, 0.717) is 24.2 Å². The molecule has 0 saturated heterocycles. The molecule has 4 aromatic rings. The Morgan fingerprint density at radius 2 is 1.21 bits per heavy atom. The Morgan fingerprint density at radius 3 is 1.75 bits per heavy atom. The summed E-state index contributed by atoms with van der Waals surface area (Å²) >= 11 is 0. The van der Waals surface area contributed by atoms with Crippen LogP contribution in [0.1, 0.15) is 96.0 Å². The van der Waals surface area contributed by atoms with Crippen LogP contribution in [0.25, 0.3) is 25.1 Å². The van der Waals surface area contributed by atoms with Crippen LogP contribution in [-0.4, -0.2) is 55.4 Å². The number of carbonyl (C=O) groups is 4. The van der Waals surface area contributed by atoms with Crippen molar-refractivity contribution in [3.63, 3.8) is 0 Å². The van der Waals surface area contributed by atoms with Gasteiger partial charge in [0.1, 0.15) is 17.0 Å². The van der Waals surface area contributed by atoms with E-state index in [0.717, 1.165) is 67.0 Å². The minimum absolute atomic E-state index is 0. The Hall–Kier alpha value is -4.15. The van der Waals surface area contributed by atoms with Crippen LogP contribution in [0.2, 0.25) is 0 Å². The molecule has 2 saturated carbocycles. The third-order valence-electron chi connectivity index (χ3n) is 10.6. The Balaban J connectivity index is 0.00000523. The number of esters is 4. The fraction of sp³-hybridized carbons (Fsp3) is 0.463. The Kier molecular flexibility index (Phi) is 12.9. The molecule has 9 nitrogen and oxygen atoms in total. The van der Waals surface area contributed by atoms with Gasteiger partial charge in [0.05, 0.1) is 19.4 Å². The van der Waals surface area contributed by atoms with Crippen LogP contribution in [0.15, 0.2) is 66.7 Å². The number of halogens is 1. The second kappa shape index (κ2) is 17.1. The number of ether oxygens (including phenoxy) is 5. The van der Waals surface area contributed by atoms with Crippen molar-refractivity contribution >= 4 is 54.5 Å². The van der Waals surface area contributed by atoms with Crippen molar-refractivity contribution in [2.24, 2.45) is 0 Å². The van der Waals surface area contributed by atoms with E-state index in [1.165, 1.54) is 16.5 Å². The molecule has 3 aromatic carbocycles. The lowest BCUT2D eigenvalue weighted by Gasteiger charge is -2.28. The Labute approximate surface area is 313 Å². The van der Waals surface area contributed by atoms with E-state index in [4.69, 9.17) is 23.7 Å². The van der Waals surface area contributed by atoms with Gasteiger partial charge in [-0.05, 0) is 94.5 Å². The number of hydrogen-bond acceptors (Lipinski definition) is 9. The highest BCUT2D eigenvalue weighted by Gasteiger charge is 2.39. The van der Waals surface area contributed by atoms with Crippen molar-refractivity contribution in [1.29, 1.82) is 0 Å². The van der Waals surface area contributed by atoms with Crippen LogP contribution >= 0.6 is 10.5 Å². The van der Waals surface area contributed by atoms with Crippen molar-refractivity contribution in [2.45, 2.75) is 102 Å². The van der Waals surface area contributed by atoms with Crippen LogP contribution in [-0.2, 0) is 38.1 Å². The smallest absolute Gasteiger partial charge is 0.344 e. The fourth-order valence-corrected chi connectivity index (χ4v) is 10.2. The van der Waals surface area contributed by atoms with Crippen LogP contribution < -0.4 is 17.1 Å². The molecule has 0 N–H and O–H groups in total. The molecular formula is C41H47ClO9S. The highest BCUT2D eigenvalue weighted by Crippen LogP contribution is 2.50. The first kappa shape index (κ1) is 39.1. The molecule has 1 atom stereocenters. The Morgan fingerprint density at radius 1 is 0.692 bits per heavy atom. The fourth-order valence-electron chi connectivity index (χ4n) is 7.77. The molecule has 0 spiro atoms. The summed E-state index contributed by atoms with van der Waals surface area (Å²) < 4.78 is 30.5. The van der Waals surface area contributed by atoms with Crippen molar-refractivity contribution in [3.05, 3.63) is 72.3 Å². The predicted molar refractivity (Wildman–Crippen MR) is 196 cm³/mol. The van der Waals surface area contributed by atoms with E-state index in [1.54, 1.807) is 0 Å². The summed E-state index contributed by atoms with van der Waals surface area (Å²) in [6.45, 7) is 2.67. The van der Waals surface area contributed by atoms with Crippen LogP contribution in [0.5, 0.6) is 5.75 Å². The molecule has 1 aromatic heterocycles. The number of hydrogen-bond donors (Lipinski definition) is 0. The maximum atomic E-state index is 13.9. The molecule has 0 aliphatic heterocycles. The zero-order chi connectivity index (χ0) is 36.0. The minimum Gasteiger partial charge on any atom is -1.00 e. The second-order valence-corrected chi connectivity index (χ2v) is 15.6. The third kappa shape index (κ3) is 8.39. The summed E-state index contributed by atoms with van der Waals surface area (Å²) in [5.74, 6) is -3.57. The monoisotopic (exact) mass is 750 g/mol. The van der Waals surface area contributed by atoms with Crippen LogP contribution in [0.4, 0.5) is 0 Å². The lowest BCUT2D eigenvalue weighted by molar-refractivity contribution is -0.173. The van der Waals surface area contributed by atoms with E-state index in [2.05, 4.69) is 24.3 Å². The maximum absolute atomic E-state index is 13.9. The lowest BCUT2D eigenvalue weighted by atomic mass is 9.94. The zero-order valence-electron chi connectivity index (χ0n) is 30.1. The molecule has 0 bridgehead atoms. The van der Waals surface area contributed by atoms with E-state index >= 15 is 0 Å². The van der Waals surface area contributed by atoms with Gasteiger partial charge in [0.2, 0.25) is 0 Å².